The smallest absolute Gasteiger partial charge is 0.328 e. The molecule has 4 rings (SSSR count). The molecule has 4 heterocycles. The monoisotopic (exact) mass is 392 g/mol. The van der Waals surface area contributed by atoms with Crippen molar-refractivity contribution in [3.8, 4) is 11.3 Å². The summed E-state index contributed by atoms with van der Waals surface area (Å²) in [4.78, 5) is 26.0. The second-order valence-electron chi connectivity index (χ2n) is 7.07. The Morgan fingerprint density at radius 2 is 2.10 bits per heavy atom. The van der Waals surface area contributed by atoms with Gasteiger partial charge in [0.1, 0.15) is 0 Å². The third-order valence-corrected chi connectivity index (χ3v) is 4.81. The molecule has 150 valence electrons. The summed E-state index contributed by atoms with van der Waals surface area (Å²) in [6.07, 6.45) is 4.46. The number of amides is 2. The van der Waals surface area contributed by atoms with Crippen LogP contribution in [0.2, 0.25) is 0 Å². The number of rotatable bonds is 4. The Kier molecular flexibility index (Phi) is 5.11. The minimum Gasteiger partial charge on any atom is -0.367 e. The Morgan fingerprint density at radius 1 is 1.24 bits per heavy atom. The predicted molar refractivity (Wildman–Crippen MR) is 112 cm³/mol. The molecule has 29 heavy (non-hydrogen) atoms. The summed E-state index contributed by atoms with van der Waals surface area (Å²) < 4.78 is 1.55. The van der Waals surface area contributed by atoms with Gasteiger partial charge in [-0.1, -0.05) is 12.1 Å². The Labute approximate surface area is 169 Å². The zero-order valence-corrected chi connectivity index (χ0v) is 16.8. The van der Waals surface area contributed by atoms with Gasteiger partial charge >= 0.3 is 6.03 Å². The summed E-state index contributed by atoms with van der Waals surface area (Å²) in [5.41, 5.74) is 3.67. The van der Waals surface area contributed by atoms with Crippen molar-refractivity contribution in [2.24, 2.45) is 7.05 Å². The Balaban J connectivity index is 1.70. The van der Waals surface area contributed by atoms with E-state index in [1.807, 2.05) is 31.2 Å². The van der Waals surface area contributed by atoms with Gasteiger partial charge in [0.05, 0.1) is 17.6 Å². The average molecular weight is 392 g/mol. The number of aryl methyl sites for hydroxylation is 2. The first-order chi connectivity index (χ1) is 14.0. The van der Waals surface area contributed by atoms with Crippen molar-refractivity contribution in [2.75, 3.05) is 34.8 Å². The first kappa shape index (κ1) is 18.9. The van der Waals surface area contributed by atoms with Gasteiger partial charge in [0, 0.05) is 44.1 Å². The fraction of sp³-hybridized carbons (Fsp3) is 0.350. The average Bonchev–Trinajstić information content (AvgIpc) is 3.12. The van der Waals surface area contributed by atoms with Gasteiger partial charge in [0.25, 0.3) is 0 Å². The van der Waals surface area contributed by atoms with Gasteiger partial charge in [-0.2, -0.15) is 0 Å². The third-order valence-electron chi connectivity index (χ3n) is 4.81. The minimum atomic E-state index is -0.265. The lowest BCUT2D eigenvalue weighted by molar-refractivity contribution is 0.256. The normalized spacial score (nSPS) is 13.3. The standard InChI is InChI=1S/C20H24N8O/c1-4-9-27-10-11-28(20(29)23-18-13-26(3)25-24-18)19-17(27)6-5-16(22-19)15-7-8-21-14(2)12-15/h5-8,12-13H,4,9-11H2,1-3H3,(H,23,29). The largest absolute Gasteiger partial charge is 0.367 e. The molecule has 0 saturated heterocycles. The summed E-state index contributed by atoms with van der Waals surface area (Å²) in [7, 11) is 1.76. The Bertz CT molecular complexity index is 1030. The fourth-order valence-corrected chi connectivity index (χ4v) is 3.48. The van der Waals surface area contributed by atoms with Crippen molar-refractivity contribution in [1.82, 2.24) is 25.0 Å². The maximum Gasteiger partial charge on any atom is 0.328 e. The molecule has 0 unspecified atom stereocenters. The van der Waals surface area contributed by atoms with Gasteiger partial charge in [0.15, 0.2) is 11.6 Å². The van der Waals surface area contributed by atoms with Crippen LogP contribution >= 0.6 is 0 Å². The van der Waals surface area contributed by atoms with Crippen LogP contribution in [0, 0.1) is 6.92 Å². The molecular weight excluding hydrogens is 368 g/mol. The van der Waals surface area contributed by atoms with E-state index in [1.165, 1.54) is 0 Å². The van der Waals surface area contributed by atoms with Crippen LogP contribution in [-0.2, 0) is 7.05 Å². The number of carbonyl (C=O) groups is 1. The summed E-state index contributed by atoms with van der Waals surface area (Å²) in [5.74, 6) is 1.06. The van der Waals surface area contributed by atoms with E-state index >= 15 is 0 Å². The zero-order chi connectivity index (χ0) is 20.4. The molecule has 0 fully saturated rings. The van der Waals surface area contributed by atoms with Gasteiger partial charge < -0.3 is 4.90 Å². The van der Waals surface area contributed by atoms with E-state index in [9.17, 15) is 4.79 Å². The second-order valence-corrected chi connectivity index (χ2v) is 7.07. The first-order valence-corrected chi connectivity index (χ1v) is 9.69. The lowest BCUT2D eigenvalue weighted by Gasteiger charge is -2.36. The van der Waals surface area contributed by atoms with E-state index < -0.39 is 0 Å². The van der Waals surface area contributed by atoms with Crippen molar-refractivity contribution in [2.45, 2.75) is 20.3 Å². The molecule has 0 aliphatic carbocycles. The number of nitrogens with one attached hydrogen (secondary N) is 1. The first-order valence-electron chi connectivity index (χ1n) is 9.69. The van der Waals surface area contributed by atoms with Gasteiger partial charge in [-0.05, 0) is 37.6 Å². The number of carbonyl (C=O) groups excluding carboxylic acids is 1. The van der Waals surface area contributed by atoms with E-state index in [1.54, 1.807) is 29.0 Å². The summed E-state index contributed by atoms with van der Waals surface area (Å²) in [6, 6.07) is 7.70. The maximum atomic E-state index is 13.0. The van der Waals surface area contributed by atoms with Crippen LogP contribution < -0.4 is 15.1 Å². The highest BCUT2D eigenvalue weighted by atomic mass is 16.2. The molecule has 0 spiro atoms. The highest BCUT2D eigenvalue weighted by Gasteiger charge is 2.29. The quantitative estimate of drug-likeness (QED) is 0.734. The molecule has 1 aliphatic rings. The van der Waals surface area contributed by atoms with E-state index in [0.29, 0.717) is 18.2 Å². The number of nitrogens with zero attached hydrogens (tertiary/aromatic N) is 7. The van der Waals surface area contributed by atoms with Crippen LogP contribution in [0.1, 0.15) is 19.0 Å². The zero-order valence-electron chi connectivity index (χ0n) is 16.8. The van der Waals surface area contributed by atoms with Crippen LogP contribution in [0.5, 0.6) is 0 Å². The van der Waals surface area contributed by atoms with Crippen molar-refractivity contribution < 1.29 is 4.79 Å². The van der Waals surface area contributed by atoms with Crippen LogP contribution in [0.15, 0.2) is 36.7 Å². The molecule has 0 aromatic carbocycles. The lowest BCUT2D eigenvalue weighted by Crippen LogP contribution is -2.46. The Morgan fingerprint density at radius 3 is 2.83 bits per heavy atom. The number of fused-ring (bicyclic) bond motifs is 1. The Hall–Kier alpha value is -3.49. The maximum absolute atomic E-state index is 13.0. The van der Waals surface area contributed by atoms with Crippen LogP contribution in [0.4, 0.5) is 22.1 Å². The van der Waals surface area contributed by atoms with Crippen molar-refractivity contribution in [3.63, 3.8) is 0 Å². The van der Waals surface area contributed by atoms with Gasteiger partial charge in [-0.15, -0.1) is 5.10 Å². The third kappa shape index (κ3) is 3.89. The number of hydrogen-bond acceptors (Lipinski definition) is 6. The molecular formula is C20H24N8O. The van der Waals surface area contributed by atoms with Gasteiger partial charge in [0.2, 0.25) is 0 Å². The van der Waals surface area contributed by atoms with Crippen molar-refractivity contribution in [3.05, 3.63) is 42.4 Å². The van der Waals surface area contributed by atoms with Gasteiger partial charge in [-0.3, -0.25) is 19.9 Å². The molecule has 3 aromatic rings. The van der Waals surface area contributed by atoms with Crippen LogP contribution in [-0.4, -0.2) is 50.6 Å². The molecule has 9 nitrogen and oxygen atoms in total. The molecule has 0 radical (unpaired) electrons. The van der Waals surface area contributed by atoms with Crippen LogP contribution in [0.25, 0.3) is 11.3 Å². The SMILES string of the molecule is CCCN1CCN(C(=O)Nc2cn(C)nn2)c2nc(-c3ccnc(C)c3)ccc21. The number of pyridine rings is 2. The van der Waals surface area contributed by atoms with Crippen LogP contribution in [0.3, 0.4) is 0 Å². The summed E-state index contributed by atoms with van der Waals surface area (Å²) >= 11 is 0. The lowest BCUT2D eigenvalue weighted by atomic mass is 10.1. The molecule has 0 bridgehead atoms. The number of urea groups is 1. The molecule has 0 saturated carbocycles. The molecule has 0 atom stereocenters. The highest BCUT2D eigenvalue weighted by Crippen LogP contribution is 2.34. The number of hydrogen-bond donors (Lipinski definition) is 1. The summed E-state index contributed by atoms with van der Waals surface area (Å²) in [6.45, 7) is 6.32. The van der Waals surface area contributed by atoms with E-state index in [4.69, 9.17) is 4.98 Å². The van der Waals surface area contributed by atoms with E-state index in [0.717, 1.165) is 42.1 Å². The molecule has 2 amide bonds. The fourth-order valence-electron chi connectivity index (χ4n) is 3.48. The predicted octanol–water partition coefficient (Wildman–Crippen LogP) is 2.85. The number of anilines is 3. The van der Waals surface area contributed by atoms with E-state index in [-0.39, 0.29) is 6.03 Å². The van der Waals surface area contributed by atoms with Crippen molar-refractivity contribution in [1.29, 1.82) is 0 Å². The topological polar surface area (TPSA) is 92.1 Å². The summed E-state index contributed by atoms with van der Waals surface area (Å²) in [5, 5.41) is 10.6. The molecule has 1 aliphatic heterocycles. The van der Waals surface area contributed by atoms with Crippen molar-refractivity contribution >= 4 is 23.4 Å². The highest BCUT2D eigenvalue weighted by molar-refractivity contribution is 6.03. The minimum absolute atomic E-state index is 0.265. The molecule has 9 heteroatoms. The van der Waals surface area contributed by atoms with Gasteiger partial charge in [-0.25, -0.2) is 9.78 Å². The molecule has 3 aromatic heterocycles. The molecule has 1 N–H and O–H groups in total. The van der Waals surface area contributed by atoms with E-state index in [2.05, 4.69) is 32.4 Å². The second kappa shape index (κ2) is 7.86. The number of aromatic nitrogens is 5.